The van der Waals surface area contributed by atoms with Crippen LogP contribution in [0.5, 0.6) is 0 Å². The normalized spacial score (nSPS) is 26.4. The van der Waals surface area contributed by atoms with Gasteiger partial charge in [-0.25, -0.2) is 4.79 Å². The zero-order valence-electron chi connectivity index (χ0n) is 18.6. The van der Waals surface area contributed by atoms with E-state index in [-0.39, 0.29) is 28.5 Å². The fourth-order valence-corrected chi connectivity index (χ4v) is 5.61. The van der Waals surface area contributed by atoms with Crippen molar-refractivity contribution < 1.29 is 33.8 Å². The maximum absolute atomic E-state index is 12.9. The van der Waals surface area contributed by atoms with Crippen molar-refractivity contribution in [3.05, 3.63) is 29.2 Å². The smallest absolute Gasteiger partial charge is 0.352 e. The van der Waals surface area contributed by atoms with Crippen molar-refractivity contribution in [2.24, 2.45) is 5.16 Å². The molecule has 2 amide bonds. The standard InChI is InChI=1S/C19H23N7O6S2/c1-26(2)7-6-10(32-26)5-4-9-8-33-17-12(16(28)25(17)13(9)18(29)30)21-15(27)11(23-31-3)14-22-19(20)34-24-14/h4-5,10,12,17H,6-8H2,1-3H3,(H3-,20,21,22,24,27,29,30)/p+1/b5-4+,23-11-/t10?,12-,17-/m1/s1. The molecule has 3 aliphatic rings. The molecule has 0 aliphatic carbocycles. The number of anilines is 1. The summed E-state index contributed by atoms with van der Waals surface area (Å²) in [6.07, 6.45) is 4.22. The van der Waals surface area contributed by atoms with Crippen LogP contribution in [0.1, 0.15) is 12.2 Å². The Bertz CT molecular complexity index is 1110. The van der Waals surface area contributed by atoms with E-state index < -0.39 is 29.2 Å². The van der Waals surface area contributed by atoms with Gasteiger partial charge in [-0.1, -0.05) is 11.2 Å². The molecule has 0 saturated carbocycles. The van der Waals surface area contributed by atoms with Gasteiger partial charge in [0, 0.05) is 23.7 Å². The fraction of sp³-hybridized carbons (Fsp3) is 0.474. The Morgan fingerprint density at radius 2 is 2.21 bits per heavy atom. The van der Waals surface area contributed by atoms with Gasteiger partial charge in [0.1, 0.15) is 36.9 Å². The van der Waals surface area contributed by atoms with Crippen LogP contribution in [0.2, 0.25) is 0 Å². The Labute approximate surface area is 203 Å². The lowest BCUT2D eigenvalue weighted by atomic mass is 10.0. The van der Waals surface area contributed by atoms with Crippen molar-refractivity contribution in [1.29, 1.82) is 0 Å². The van der Waals surface area contributed by atoms with Crippen LogP contribution in [0.3, 0.4) is 0 Å². The van der Waals surface area contributed by atoms with Crippen LogP contribution in [0.15, 0.2) is 28.6 Å². The summed E-state index contributed by atoms with van der Waals surface area (Å²) >= 11 is 2.24. The molecule has 34 heavy (non-hydrogen) atoms. The third-order valence-corrected chi connectivity index (χ3v) is 7.27. The molecule has 13 nitrogen and oxygen atoms in total. The van der Waals surface area contributed by atoms with Crippen molar-refractivity contribution in [2.45, 2.75) is 23.9 Å². The van der Waals surface area contributed by atoms with E-state index in [1.165, 1.54) is 23.8 Å². The van der Waals surface area contributed by atoms with E-state index in [2.05, 4.69) is 19.8 Å². The van der Waals surface area contributed by atoms with E-state index in [0.29, 0.717) is 16.0 Å². The Balaban J connectivity index is 1.49. The van der Waals surface area contributed by atoms with Crippen LogP contribution in [-0.4, -0.2) is 98.5 Å². The highest BCUT2D eigenvalue weighted by molar-refractivity contribution is 8.00. The van der Waals surface area contributed by atoms with E-state index in [4.69, 9.17) is 15.4 Å². The number of hydrogen-bond acceptors (Lipinski definition) is 11. The molecule has 2 saturated heterocycles. The van der Waals surface area contributed by atoms with E-state index in [0.717, 1.165) is 24.5 Å². The predicted octanol–water partition coefficient (Wildman–Crippen LogP) is -0.454. The number of nitrogens with two attached hydrogens (primary N) is 1. The van der Waals surface area contributed by atoms with Crippen molar-refractivity contribution in [3.8, 4) is 0 Å². The number of oxime groups is 1. The fourth-order valence-electron chi connectivity index (χ4n) is 3.85. The lowest BCUT2D eigenvalue weighted by Crippen LogP contribution is -2.71. The Hall–Kier alpha value is -3.01. The second kappa shape index (κ2) is 9.32. The number of hydroxylamine groups is 3. The summed E-state index contributed by atoms with van der Waals surface area (Å²) in [6, 6.07) is -0.938. The zero-order chi connectivity index (χ0) is 24.6. The van der Waals surface area contributed by atoms with Gasteiger partial charge >= 0.3 is 5.97 Å². The van der Waals surface area contributed by atoms with E-state index >= 15 is 0 Å². The minimum Gasteiger partial charge on any atom is -0.477 e. The first-order valence-electron chi connectivity index (χ1n) is 10.2. The molecule has 2 fully saturated rings. The largest absolute Gasteiger partial charge is 0.477 e. The van der Waals surface area contributed by atoms with Gasteiger partial charge in [-0.15, -0.1) is 11.8 Å². The number of β-lactam (4-membered cyclic amide) rings is 1. The number of thioether (sulfide) groups is 1. The quantitative estimate of drug-likeness (QED) is 0.189. The second-order valence-corrected chi connectivity index (χ2v) is 10.1. The van der Waals surface area contributed by atoms with Gasteiger partial charge in [0.05, 0.1) is 14.1 Å². The number of quaternary nitrogens is 1. The summed E-state index contributed by atoms with van der Waals surface area (Å²) < 4.78 is 4.37. The van der Waals surface area contributed by atoms with Crippen LogP contribution >= 0.6 is 23.3 Å². The highest BCUT2D eigenvalue weighted by Gasteiger charge is 2.54. The van der Waals surface area contributed by atoms with Gasteiger partial charge in [-0.05, 0) is 11.6 Å². The minimum absolute atomic E-state index is 0.0312. The SMILES string of the molecule is CO/N=C(\C(=O)N[C@@H]1C(=O)N2C(C(=O)O)=C(/C=C/C3CC[N+](C)(C)O3)CS[C@H]12)c1nsc(N)n1. The number of amides is 2. The summed E-state index contributed by atoms with van der Waals surface area (Å²) in [4.78, 5) is 53.4. The maximum atomic E-state index is 12.9. The number of nitrogens with zero attached hydrogens (tertiary/aromatic N) is 5. The summed E-state index contributed by atoms with van der Waals surface area (Å²) in [6.45, 7) is 0.847. The Kier molecular flexibility index (Phi) is 6.62. The van der Waals surface area contributed by atoms with Crippen LogP contribution in [0.25, 0.3) is 0 Å². The van der Waals surface area contributed by atoms with Crippen molar-refractivity contribution in [2.75, 3.05) is 39.2 Å². The molecule has 0 spiro atoms. The summed E-state index contributed by atoms with van der Waals surface area (Å²) in [5, 5.41) is 15.6. The number of carboxylic acid groups (broad SMARTS) is 1. The van der Waals surface area contributed by atoms with E-state index in [1.807, 2.05) is 20.2 Å². The highest BCUT2D eigenvalue weighted by Crippen LogP contribution is 2.40. The number of aromatic nitrogens is 2. The number of carboxylic acids is 1. The van der Waals surface area contributed by atoms with Gasteiger partial charge in [-0.3, -0.25) is 14.5 Å². The number of carbonyl (C=O) groups is 3. The number of nitrogen functional groups attached to an aromatic ring is 1. The highest BCUT2D eigenvalue weighted by atomic mass is 32.2. The molecule has 4 N–H and O–H groups in total. The third-order valence-electron chi connectivity index (χ3n) is 5.42. The molecule has 4 rings (SSSR count). The first-order chi connectivity index (χ1) is 16.1. The Morgan fingerprint density at radius 3 is 2.79 bits per heavy atom. The number of carbonyl (C=O) groups excluding carboxylic acids is 2. The Morgan fingerprint density at radius 1 is 1.44 bits per heavy atom. The number of allylic oxidation sites excluding steroid dienone is 1. The van der Waals surface area contributed by atoms with Gasteiger partial charge in [0.25, 0.3) is 11.8 Å². The molecule has 3 atom stereocenters. The lowest BCUT2D eigenvalue weighted by Gasteiger charge is -2.49. The molecule has 0 bridgehead atoms. The molecule has 3 aliphatic heterocycles. The van der Waals surface area contributed by atoms with Crippen molar-refractivity contribution in [3.63, 3.8) is 0 Å². The van der Waals surface area contributed by atoms with Crippen molar-refractivity contribution in [1.82, 2.24) is 19.6 Å². The topological polar surface area (TPSA) is 169 Å². The molecule has 0 radical (unpaired) electrons. The molecular formula is C19H24N7O6S2+. The molecule has 182 valence electrons. The van der Waals surface area contributed by atoms with Gasteiger partial charge < -0.3 is 21.0 Å². The van der Waals surface area contributed by atoms with Gasteiger partial charge in [0.15, 0.2) is 5.13 Å². The third kappa shape index (κ3) is 4.64. The van der Waals surface area contributed by atoms with Crippen LogP contribution < -0.4 is 11.1 Å². The predicted molar refractivity (Wildman–Crippen MR) is 123 cm³/mol. The summed E-state index contributed by atoms with van der Waals surface area (Å²) in [5.41, 5.74) is 5.75. The van der Waals surface area contributed by atoms with Crippen LogP contribution in [0, 0.1) is 0 Å². The molecule has 15 heteroatoms. The molecule has 1 aromatic rings. The second-order valence-electron chi connectivity index (χ2n) is 8.21. The molecule has 1 unspecified atom stereocenters. The first kappa shape index (κ1) is 24.1. The number of aliphatic carboxylic acids is 1. The molecule has 1 aromatic heterocycles. The average molecular weight is 511 g/mol. The van der Waals surface area contributed by atoms with E-state index in [1.54, 1.807) is 6.08 Å². The molecular weight excluding hydrogens is 486 g/mol. The monoisotopic (exact) mass is 510 g/mol. The molecule has 4 heterocycles. The number of hydrogen-bond donors (Lipinski definition) is 3. The van der Waals surface area contributed by atoms with Crippen LogP contribution in [0.4, 0.5) is 5.13 Å². The lowest BCUT2D eigenvalue weighted by molar-refractivity contribution is -1.06. The van der Waals surface area contributed by atoms with Crippen molar-refractivity contribution >= 4 is 51.9 Å². The average Bonchev–Trinajstić information content (AvgIpc) is 3.37. The first-order valence-corrected chi connectivity index (χ1v) is 12.1. The van der Waals surface area contributed by atoms with Gasteiger partial charge in [-0.2, -0.15) is 18.8 Å². The van der Waals surface area contributed by atoms with Crippen LogP contribution in [-0.2, 0) is 24.1 Å². The summed E-state index contributed by atoms with van der Waals surface area (Å²) in [7, 11) is 5.16. The summed E-state index contributed by atoms with van der Waals surface area (Å²) in [5.74, 6) is -2.16. The number of rotatable bonds is 7. The van der Waals surface area contributed by atoms with Gasteiger partial charge in [0.2, 0.25) is 11.5 Å². The zero-order valence-corrected chi connectivity index (χ0v) is 20.3. The van der Waals surface area contributed by atoms with E-state index in [9.17, 15) is 19.5 Å². The minimum atomic E-state index is -1.21. The number of fused-ring (bicyclic) bond motifs is 1. The maximum Gasteiger partial charge on any atom is 0.352 e. The number of nitrogens with one attached hydrogen (secondary N) is 1. The molecule has 0 aromatic carbocycles.